The average molecular weight is 166 g/mol. The molecule has 0 amide bonds. The molecule has 1 nitrogen and oxygen atoms in total. The number of ketones is 1. The minimum absolute atomic E-state index is 0.181. The maximum absolute atomic E-state index is 11.4. The summed E-state index contributed by atoms with van der Waals surface area (Å²) in [5, 5.41) is 0. The van der Waals surface area contributed by atoms with Gasteiger partial charge in [0.05, 0.1) is 0 Å². The van der Waals surface area contributed by atoms with Crippen molar-refractivity contribution in [2.75, 3.05) is 0 Å². The number of hydrogen-bond acceptors (Lipinski definition) is 1. The molecule has 1 rings (SSSR count). The van der Waals surface area contributed by atoms with Crippen molar-refractivity contribution in [1.82, 2.24) is 0 Å². The Morgan fingerprint density at radius 1 is 1.17 bits per heavy atom. The van der Waals surface area contributed by atoms with Crippen LogP contribution in [0.3, 0.4) is 0 Å². The molecule has 0 bridgehead atoms. The Morgan fingerprint density at radius 2 is 1.75 bits per heavy atom. The monoisotopic (exact) mass is 166 g/mol. The van der Waals surface area contributed by atoms with Crippen molar-refractivity contribution in [3.8, 4) is 0 Å². The molecular weight excluding hydrogens is 148 g/mol. The number of carbonyl (C=O) groups is 1. The van der Waals surface area contributed by atoms with Crippen molar-refractivity contribution in [1.29, 1.82) is 0 Å². The normalized spacial score (nSPS) is 20.2. The van der Waals surface area contributed by atoms with Crippen LogP contribution in [0.1, 0.15) is 47.0 Å². The van der Waals surface area contributed by atoms with Crippen molar-refractivity contribution in [3.63, 3.8) is 0 Å². The fourth-order valence-electron chi connectivity index (χ4n) is 1.91. The van der Waals surface area contributed by atoms with Crippen molar-refractivity contribution < 1.29 is 4.79 Å². The quantitative estimate of drug-likeness (QED) is 0.540. The van der Waals surface area contributed by atoms with Gasteiger partial charge in [-0.1, -0.05) is 26.3 Å². The van der Waals surface area contributed by atoms with Gasteiger partial charge < -0.3 is 0 Å². The fourth-order valence-corrected chi connectivity index (χ4v) is 1.91. The minimum atomic E-state index is 0.181. The second kappa shape index (κ2) is 3.04. The van der Waals surface area contributed by atoms with Gasteiger partial charge in [-0.25, -0.2) is 0 Å². The second-order valence-electron chi connectivity index (χ2n) is 4.63. The molecular formula is C11H18O. The number of Topliss-reactive ketones (excluding diaryl/α,β-unsaturated/α-hetero) is 1. The molecule has 0 radical (unpaired) electrons. The lowest BCUT2D eigenvalue weighted by molar-refractivity contribution is -0.116. The zero-order valence-corrected chi connectivity index (χ0v) is 8.53. The fraction of sp³-hybridized carbons (Fsp3) is 0.727. The smallest absolute Gasteiger partial charge is 0.158 e. The summed E-state index contributed by atoms with van der Waals surface area (Å²) in [7, 11) is 0. The average Bonchev–Trinajstić information content (AvgIpc) is 1.92. The van der Waals surface area contributed by atoms with Crippen LogP contribution in [0, 0.1) is 5.41 Å². The molecule has 0 unspecified atom stereocenters. The van der Waals surface area contributed by atoms with Gasteiger partial charge in [-0.3, -0.25) is 4.79 Å². The third-order valence-corrected chi connectivity index (χ3v) is 2.61. The molecule has 0 saturated heterocycles. The summed E-state index contributed by atoms with van der Waals surface area (Å²) in [5.41, 5.74) is 2.56. The third kappa shape index (κ3) is 1.77. The van der Waals surface area contributed by atoms with Crippen LogP contribution >= 0.6 is 0 Å². The standard InChI is InChI=1S/C11H18O/c1-8-9(11(2,3)4)6-5-7-10(8)12/h5-7H2,1-4H3. The van der Waals surface area contributed by atoms with Crippen molar-refractivity contribution >= 4 is 5.78 Å². The summed E-state index contributed by atoms with van der Waals surface area (Å²) in [4.78, 5) is 11.4. The Kier molecular flexibility index (Phi) is 2.41. The Bertz CT molecular complexity index is 228. The zero-order valence-electron chi connectivity index (χ0n) is 8.53. The van der Waals surface area contributed by atoms with Gasteiger partial charge >= 0.3 is 0 Å². The van der Waals surface area contributed by atoms with Crippen molar-refractivity contribution in [3.05, 3.63) is 11.1 Å². The Labute approximate surface area is 74.9 Å². The number of rotatable bonds is 0. The van der Waals surface area contributed by atoms with Crippen LogP contribution in [-0.4, -0.2) is 5.78 Å². The topological polar surface area (TPSA) is 17.1 Å². The van der Waals surface area contributed by atoms with E-state index in [0.717, 1.165) is 24.8 Å². The van der Waals surface area contributed by atoms with E-state index in [9.17, 15) is 4.79 Å². The summed E-state index contributed by atoms with van der Waals surface area (Å²) in [6.45, 7) is 8.53. The number of hydrogen-bond donors (Lipinski definition) is 0. The highest BCUT2D eigenvalue weighted by atomic mass is 16.1. The Balaban J connectivity index is 3.01. The molecule has 0 saturated carbocycles. The van der Waals surface area contributed by atoms with Crippen LogP contribution in [0.5, 0.6) is 0 Å². The van der Waals surface area contributed by atoms with Crippen LogP contribution in [0.25, 0.3) is 0 Å². The summed E-state index contributed by atoms with van der Waals surface area (Å²) < 4.78 is 0. The first-order chi connectivity index (χ1) is 5.43. The highest BCUT2D eigenvalue weighted by molar-refractivity contribution is 5.96. The lowest BCUT2D eigenvalue weighted by Crippen LogP contribution is -2.19. The molecule has 1 heteroatoms. The SMILES string of the molecule is CC1=C(C(C)(C)C)CCCC1=O. The summed E-state index contributed by atoms with van der Waals surface area (Å²) in [5.74, 6) is 0.353. The van der Waals surface area contributed by atoms with Crippen LogP contribution < -0.4 is 0 Å². The first kappa shape index (κ1) is 9.50. The van der Waals surface area contributed by atoms with E-state index in [-0.39, 0.29) is 5.41 Å². The van der Waals surface area contributed by atoms with Gasteiger partial charge in [0.1, 0.15) is 0 Å². The van der Waals surface area contributed by atoms with E-state index in [1.165, 1.54) is 5.57 Å². The van der Waals surface area contributed by atoms with Crippen LogP contribution in [0.2, 0.25) is 0 Å². The van der Waals surface area contributed by atoms with Crippen molar-refractivity contribution in [2.24, 2.45) is 5.41 Å². The third-order valence-electron chi connectivity index (χ3n) is 2.61. The Hall–Kier alpha value is -0.590. The minimum Gasteiger partial charge on any atom is -0.295 e. The molecule has 0 atom stereocenters. The van der Waals surface area contributed by atoms with Gasteiger partial charge in [0, 0.05) is 6.42 Å². The molecule has 0 aromatic carbocycles. The van der Waals surface area contributed by atoms with Crippen molar-refractivity contribution in [2.45, 2.75) is 47.0 Å². The summed E-state index contributed by atoms with van der Waals surface area (Å²) in [6.07, 6.45) is 2.91. The lowest BCUT2D eigenvalue weighted by atomic mass is 9.77. The first-order valence-corrected chi connectivity index (χ1v) is 4.66. The largest absolute Gasteiger partial charge is 0.295 e. The summed E-state index contributed by atoms with van der Waals surface area (Å²) in [6, 6.07) is 0. The predicted molar refractivity (Wildman–Crippen MR) is 51.0 cm³/mol. The van der Waals surface area contributed by atoms with E-state index in [4.69, 9.17) is 0 Å². The summed E-state index contributed by atoms with van der Waals surface area (Å²) >= 11 is 0. The van der Waals surface area contributed by atoms with E-state index in [1.54, 1.807) is 0 Å². The molecule has 0 N–H and O–H groups in total. The highest BCUT2D eigenvalue weighted by Gasteiger charge is 2.25. The van der Waals surface area contributed by atoms with Gasteiger partial charge in [0.15, 0.2) is 5.78 Å². The van der Waals surface area contributed by atoms with Gasteiger partial charge in [0.25, 0.3) is 0 Å². The van der Waals surface area contributed by atoms with E-state index >= 15 is 0 Å². The maximum Gasteiger partial charge on any atom is 0.158 e. The lowest BCUT2D eigenvalue weighted by Gasteiger charge is -2.28. The number of allylic oxidation sites excluding steroid dienone is 2. The second-order valence-corrected chi connectivity index (χ2v) is 4.63. The molecule has 0 aliphatic heterocycles. The van der Waals surface area contributed by atoms with Gasteiger partial charge in [-0.15, -0.1) is 0 Å². The van der Waals surface area contributed by atoms with E-state index in [2.05, 4.69) is 20.8 Å². The van der Waals surface area contributed by atoms with Gasteiger partial charge in [0.2, 0.25) is 0 Å². The van der Waals surface area contributed by atoms with E-state index in [0.29, 0.717) is 5.78 Å². The predicted octanol–water partition coefficient (Wildman–Crippen LogP) is 3.10. The zero-order chi connectivity index (χ0) is 9.35. The van der Waals surface area contributed by atoms with Crippen LogP contribution in [0.15, 0.2) is 11.1 Å². The molecule has 0 fully saturated rings. The first-order valence-electron chi connectivity index (χ1n) is 4.66. The molecule has 12 heavy (non-hydrogen) atoms. The molecule has 0 heterocycles. The van der Waals surface area contributed by atoms with Crippen LogP contribution in [-0.2, 0) is 4.79 Å². The molecule has 0 aromatic rings. The molecule has 0 spiro atoms. The van der Waals surface area contributed by atoms with E-state index in [1.807, 2.05) is 6.92 Å². The molecule has 0 aromatic heterocycles. The van der Waals surface area contributed by atoms with Crippen LogP contribution in [0.4, 0.5) is 0 Å². The van der Waals surface area contributed by atoms with E-state index < -0.39 is 0 Å². The molecule has 1 aliphatic rings. The molecule has 1 aliphatic carbocycles. The number of carbonyl (C=O) groups excluding carboxylic acids is 1. The highest BCUT2D eigenvalue weighted by Crippen LogP contribution is 2.35. The molecule has 68 valence electrons. The van der Waals surface area contributed by atoms with Gasteiger partial charge in [-0.05, 0) is 30.8 Å². The maximum atomic E-state index is 11.4. The van der Waals surface area contributed by atoms with Gasteiger partial charge in [-0.2, -0.15) is 0 Å². The Morgan fingerprint density at radius 3 is 2.17 bits per heavy atom.